The predicted octanol–water partition coefficient (Wildman–Crippen LogP) is 3.08. The summed E-state index contributed by atoms with van der Waals surface area (Å²) >= 11 is 1.62. The minimum atomic E-state index is -0.163. The third kappa shape index (κ3) is 4.18. The normalized spacial score (nSPS) is 15.7. The van der Waals surface area contributed by atoms with Gasteiger partial charge in [0.05, 0.1) is 17.3 Å². The van der Waals surface area contributed by atoms with E-state index >= 15 is 0 Å². The lowest BCUT2D eigenvalue weighted by molar-refractivity contribution is -0.116. The van der Waals surface area contributed by atoms with E-state index in [1.165, 1.54) is 16.6 Å². The molecule has 0 spiro atoms. The zero-order valence-corrected chi connectivity index (χ0v) is 17.1. The Hall–Kier alpha value is -2.45. The molecule has 0 aliphatic heterocycles. The number of carbonyl (C=O) groups excluding carboxylic acids is 1. The summed E-state index contributed by atoms with van der Waals surface area (Å²) in [5, 5.41) is 3.50. The fraction of sp³-hybridized carbons (Fsp3) is 0.368. The van der Waals surface area contributed by atoms with E-state index in [4.69, 9.17) is 5.73 Å². The van der Waals surface area contributed by atoms with Crippen LogP contribution >= 0.6 is 23.7 Å². The summed E-state index contributed by atoms with van der Waals surface area (Å²) in [7, 11) is 0. The largest absolute Gasteiger partial charge is 0.384 e. The number of aryl methyl sites for hydroxylation is 2. The van der Waals surface area contributed by atoms with Crippen molar-refractivity contribution in [3.63, 3.8) is 0 Å². The topological polar surface area (TPSA) is 114 Å². The van der Waals surface area contributed by atoms with Crippen molar-refractivity contribution in [2.24, 2.45) is 5.92 Å². The molecule has 1 aliphatic carbocycles. The Morgan fingerprint density at radius 3 is 3.00 bits per heavy atom. The first-order valence-electron chi connectivity index (χ1n) is 9.04. The summed E-state index contributed by atoms with van der Waals surface area (Å²) in [5.41, 5.74) is 7.20. The second kappa shape index (κ2) is 8.28. The summed E-state index contributed by atoms with van der Waals surface area (Å²) in [6.07, 6.45) is 5.18. The Morgan fingerprint density at radius 1 is 1.43 bits per heavy atom. The number of amides is 1. The van der Waals surface area contributed by atoms with Gasteiger partial charge in [0.2, 0.25) is 5.91 Å². The Morgan fingerprint density at radius 2 is 2.25 bits per heavy atom. The van der Waals surface area contributed by atoms with Gasteiger partial charge in [-0.3, -0.25) is 9.59 Å². The molecule has 1 amide bonds. The summed E-state index contributed by atoms with van der Waals surface area (Å²) in [6, 6.07) is 3.32. The van der Waals surface area contributed by atoms with Gasteiger partial charge in [-0.05, 0) is 42.9 Å². The minimum Gasteiger partial charge on any atom is -0.384 e. The molecule has 0 fully saturated rings. The van der Waals surface area contributed by atoms with Crippen LogP contribution in [0.3, 0.4) is 0 Å². The number of hydrogen-bond donors (Lipinski definition) is 3. The highest BCUT2D eigenvalue weighted by atomic mass is 35.5. The average Bonchev–Trinajstić information content (AvgIpc) is 2.99. The Bertz CT molecular complexity index is 1060. The number of hydrogen-bond acceptors (Lipinski definition) is 6. The van der Waals surface area contributed by atoms with Crippen LogP contribution in [0.2, 0.25) is 0 Å². The third-order valence-corrected chi connectivity index (χ3v) is 6.02. The van der Waals surface area contributed by atoms with Gasteiger partial charge in [-0.2, -0.15) is 0 Å². The maximum absolute atomic E-state index is 12.6. The fourth-order valence-corrected chi connectivity index (χ4v) is 4.85. The van der Waals surface area contributed by atoms with Crippen LogP contribution in [0.1, 0.15) is 36.0 Å². The van der Waals surface area contributed by atoms with E-state index in [9.17, 15) is 9.59 Å². The van der Waals surface area contributed by atoms with Gasteiger partial charge in [0.1, 0.15) is 16.5 Å². The molecule has 4 N–H and O–H groups in total. The van der Waals surface area contributed by atoms with E-state index in [2.05, 4.69) is 27.2 Å². The van der Waals surface area contributed by atoms with Gasteiger partial charge in [-0.25, -0.2) is 9.97 Å². The number of carbonyl (C=O) groups is 1. The maximum Gasteiger partial charge on any atom is 0.259 e. The monoisotopic (exact) mass is 419 g/mol. The van der Waals surface area contributed by atoms with Crippen LogP contribution in [0, 0.1) is 5.92 Å². The lowest BCUT2D eigenvalue weighted by Crippen LogP contribution is -2.17. The van der Waals surface area contributed by atoms with Crippen LogP contribution in [0.15, 0.2) is 23.1 Å². The van der Waals surface area contributed by atoms with Crippen molar-refractivity contribution in [2.75, 3.05) is 11.1 Å². The molecule has 7 nitrogen and oxygen atoms in total. The number of nitrogens with two attached hydrogens (primary N) is 1. The van der Waals surface area contributed by atoms with Crippen molar-refractivity contribution in [3.05, 3.63) is 44.9 Å². The van der Waals surface area contributed by atoms with Gasteiger partial charge >= 0.3 is 0 Å². The second-order valence-electron chi connectivity index (χ2n) is 7.06. The second-order valence-corrected chi connectivity index (χ2v) is 8.15. The van der Waals surface area contributed by atoms with Gasteiger partial charge < -0.3 is 16.0 Å². The molecule has 9 heteroatoms. The van der Waals surface area contributed by atoms with Crippen molar-refractivity contribution < 1.29 is 4.79 Å². The zero-order valence-electron chi connectivity index (χ0n) is 15.4. The van der Waals surface area contributed by atoms with Crippen LogP contribution in [-0.4, -0.2) is 20.9 Å². The fourth-order valence-electron chi connectivity index (χ4n) is 3.45. The highest BCUT2D eigenvalue weighted by molar-refractivity contribution is 7.18. The molecule has 0 bridgehead atoms. The van der Waals surface area contributed by atoms with E-state index in [1.54, 1.807) is 23.5 Å². The Labute approximate surface area is 172 Å². The van der Waals surface area contributed by atoms with Crippen molar-refractivity contribution in [3.8, 4) is 0 Å². The molecular formula is C19H22ClN5O2S. The number of nitrogens with zero attached hydrogens (tertiary/aromatic N) is 2. The number of nitrogens with one attached hydrogen (secondary N) is 2. The first-order valence-corrected chi connectivity index (χ1v) is 9.86. The number of thiophene rings is 1. The molecule has 0 saturated carbocycles. The van der Waals surface area contributed by atoms with Gasteiger partial charge in [0, 0.05) is 17.7 Å². The first-order chi connectivity index (χ1) is 13.0. The number of anilines is 2. The summed E-state index contributed by atoms with van der Waals surface area (Å²) in [6.45, 7) is 2.24. The molecule has 0 saturated heterocycles. The number of halogens is 1. The lowest BCUT2D eigenvalue weighted by Gasteiger charge is -2.17. The maximum atomic E-state index is 12.6. The number of aromatic amines is 1. The molecule has 4 rings (SSSR count). The standard InChI is InChI=1S/C19H21N5O2S.ClH/c1-10-2-4-12-13(8-10)27-19-17(12)18(26)23-15(24-19)6-7-16(25)22-11-3-5-14(20)21-9-11;/h3,5,9-10H,2,4,6-8H2,1H3,(H2,20,21)(H,22,25)(H,23,24,26);1H. The van der Waals surface area contributed by atoms with Crippen molar-refractivity contribution in [2.45, 2.75) is 39.0 Å². The molecule has 0 radical (unpaired) electrons. The van der Waals surface area contributed by atoms with Gasteiger partial charge in [-0.1, -0.05) is 6.92 Å². The Kier molecular flexibility index (Phi) is 6.00. The molecule has 3 heterocycles. The number of rotatable bonds is 4. The Balaban J connectivity index is 0.00000225. The molecule has 1 atom stereocenters. The van der Waals surface area contributed by atoms with Crippen LogP contribution in [0.4, 0.5) is 11.5 Å². The third-order valence-electron chi connectivity index (χ3n) is 4.87. The quantitative estimate of drug-likeness (QED) is 0.601. The zero-order chi connectivity index (χ0) is 19.0. The van der Waals surface area contributed by atoms with Gasteiger partial charge in [-0.15, -0.1) is 23.7 Å². The van der Waals surface area contributed by atoms with Crippen molar-refractivity contribution in [1.29, 1.82) is 0 Å². The summed E-state index contributed by atoms with van der Waals surface area (Å²) in [4.78, 5) is 38.2. The number of H-pyrrole nitrogens is 1. The van der Waals surface area contributed by atoms with Crippen LogP contribution < -0.4 is 16.6 Å². The molecule has 0 aromatic carbocycles. The lowest BCUT2D eigenvalue weighted by atomic mass is 9.89. The molecule has 3 aromatic rings. The number of fused-ring (bicyclic) bond motifs is 3. The molecule has 148 valence electrons. The van der Waals surface area contributed by atoms with E-state index in [-0.39, 0.29) is 30.3 Å². The van der Waals surface area contributed by atoms with Crippen molar-refractivity contribution in [1.82, 2.24) is 15.0 Å². The van der Waals surface area contributed by atoms with Crippen LogP contribution in [0.5, 0.6) is 0 Å². The summed E-state index contributed by atoms with van der Waals surface area (Å²) < 4.78 is 0. The molecule has 1 aliphatic rings. The van der Waals surface area contributed by atoms with E-state index in [0.717, 1.165) is 29.5 Å². The summed E-state index contributed by atoms with van der Waals surface area (Å²) in [5.74, 6) is 1.43. The molecular weight excluding hydrogens is 398 g/mol. The van der Waals surface area contributed by atoms with E-state index in [0.29, 0.717) is 29.7 Å². The van der Waals surface area contributed by atoms with Gasteiger partial charge in [0.15, 0.2) is 0 Å². The van der Waals surface area contributed by atoms with E-state index < -0.39 is 0 Å². The van der Waals surface area contributed by atoms with Crippen molar-refractivity contribution >= 4 is 51.4 Å². The van der Waals surface area contributed by atoms with E-state index in [1.807, 2.05) is 0 Å². The highest BCUT2D eigenvalue weighted by Crippen LogP contribution is 2.35. The average molecular weight is 420 g/mol. The SMILES string of the molecule is CC1CCc2c(sc3nc(CCC(=O)Nc4ccc(N)nc4)[nH]c(=O)c23)C1.Cl. The molecule has 28 heavy (non-hydrogen) atoms. The van der Waals surface area contributed by atoms with Gasteiger partial charge in [0.25, 0.3) is 5.56 Å². The first kappa shape index (κ1) is 20.3. The number of nitrogen functional groups attached to an aromatic ring is 1. The van der Waals surface area contributed by atoms with Crippen LogP contribution in [-0.2, 0) is 24.1 Å². The predicted molar refractivity (Wildman–Crippen MR) is 114 cm³/mol. The highest BCUT2D eigenvalue weighted by Gasteiger charge is 2.23. The van der Waals surface area contributed by atoms with Crippen LogP contribution in [0.25, 0.3) is 10.2 Å². The molecule has 1 unspecified atom stereocenters. The minimum absolute atomic E-state index is 0. The number of aromatic nitrogens is 3. The number of pyridine rings is 1. The smallest absolute Gasteiger partial charge is 0.259 e. The molecule has 3 aromatic heterocycles.